The van der Waals surface area contributed by atoms with Crippen molar-refractivity contribution in [3.63, 3.8) is 0 Å². The number of urea groups is 1. The molecule has 0 saturated carbocycles. The van der Waals surface area contributed by atoms with Crippen LogP contribution < -0.4 is 5.32 Å². The van der Waals surface area contributed by atoms with Gasteiger partial charge in [0.15, 0.2) is 0 Å². The largest absolute Gasteiger partial charge is 0.480 e. The van der Waals surface area contributed by atoms with Gasteiger partial charge in [0.2, 0.25) is 5.91 Å². The number of carbonyl (C=O) groups excluding carboxylic acids is 2. The minimum atomic E-state index is -1.26. The third-order valence-electron chi connectivity index (χ3n) is 1.54. The Balaban J connectivity index is 4.88. The molecule has 6 nitrogen and oxygen atoms in total. The summed E-state index contributed by atoms with van der Waals surface area (Å²) in [6, 6.07) is -1.99. The number of imide groups is 1. The summed E-state index contributed by atoms with van der Waals surface area (Å²) in [6.45, 7) is 1.12. The lowest BCUT2D eigenvalue weighted by atomic mass is 10.3. The lowest BCUT2D eigenvalue weighted by Gasteiger charge is -2.23. The van der Waals surface area contributed by atoms with Crippen molar-refractivity contribution in [1.82, 2.24) is 10.2 Å². The first-order valence-corrected chi connectivity index (χ1v) is 4.44. The second-order valence-electron chi connectivity index (χ2n) is 2.48. The zero-order chi connectivity index (χ0) is 11.3. The Morgan fingerprint density at radius 3 is 2.21 bits per heavy atom. The summed E-state index contributed by atoms with van der Waals surface area (Å²) in [5, 5.41) is 10.9. The maximum Gasteiger partial charge on any atom is 0.327 e. The number of hydrogen-bond acceptors (Lipinski definition) is 4. The van der Waals surface area contributed by atoms with Gasteiger partial charge in [-0.1, -0.05) is 0 Å². The number of hydrogen-bond donors (Lipinski definition) is 3. The van der Waals surface area contributed by atoms with Crippen LogP contribution in [0.2, 0.25) is 0 Å². The van der Waals surface area contributed by atoms with Crippen LogP contribution in [0.5, 0.6) is 0 Å². The lowest BCUT2D eigenvalue weighted by molar-refractivity contribution is -0.146. The number of carboxylic acids is 1. The topological polar surface area (TPSA) is 86.7 Å². The van der Waals surface area contributed by atoms with Crippen LogP contribution in [0, 0.1) is 0 Å². The molecule has 0 aliphatic carbocycles. The van der Waals surface area contributed by atoms with Crippen molar-refractivity contribution in [2.45, 2.75) is 13.0 Å². The molecule has 0 radical (unpaired) electrons. The van der Waals surface area contributed by atoms with Crippen molar-refractivity contribution in [3.8, 4) is 0 Å². The van der Waals surface area contributed by atoms with E-state index in [0.717, 1.165) is 6.92 Å². The smallest absolute Gasteiger partial charge is 0.327 e. The average Bonchev–Trinajstić information content (AvgIpc) is 2.11. The van der Waals surface area contributed by atoms with Crippen LogP contribution in [0.4, 0.5) is 4.79 Å². The van der Waals surface area contributed by atoms with E-state index in [9.17, 15) is 14.4 Å². The summed E-state index contributed by atoms with van der Waals surface area (Å²) < 4.78 is 0. The first-order chi connectivity index (χ1) is 6.45. The van der Waals surface area contributed by atoms with E-state index in [4.69, 9.17) is 5.11 Å². The molecule has 0 rings (SSSR count). The molecule has 3 amide bonds. The summed E-state index contributed by atoms with van der Waals surface area (Å²) in [7, 11) is 1.32. The van der Waals surface area contributed by atoms with Gasteiger partial charge >= 0.3 is 12.0 Å². The molecule has 0 aliphatic rings. The van der Waals surface area contributed by atoms with E-state index >= 15 is 0 Å². The highest BCUT2D eigenvalue weighted by Crippen LogP contribution is 2.03. The predicted octanol–water partition coefficient (Wildman–Crippen LogP) is -0.443. The molecule has 2 N–H and O–H groups in total. The summed E-state index contributed by atoms with van der Waals surface area (Å²) in [5.74, 6) is -2.02. The molecule has 14 heavy (non-hydrogen) atoms. The minimum Gasteiger partial charge on any atom is -0.480 e. The van der Waals surface area contributed by atoms with Gasteiger partial charge in [0, 0.05) is 19.7 Å². The van der Waals surface area contributed by atoms with Gasteiger partial charge in [0.05, 0.1) is 0 Å². The fourth-order valence-electron chi connectivity index (χ4n) is 0.895. The fourth-order valence-corrected chi connectivity index (χ4v) is 1.21. The van der Waals surface area contributed by atoms with E-state index < -0.39 is 23.9 Å². The molecule has 0 saturated heterocycles. The molecule has 0 aromatic carbocycles. The van der Waals surface area contributed by atoms with Crippen molar-refractivity contribution in [3.05, 3.63) is 0 Å². The van der Waals surface area contributed by atoms with Gasteiger partial charge in [0.1, 0.15) is 6.04 Å². The Morgan fingerprint density at radius 1 is 1.50 bits per heavy atom. The van der Waals surface area contributed by atoms with E-state index in [1.165, 1.54) is 7.05 Å². The fraction of sp³-hybridized carbons (Fsp3) is 0.571. The van der Waals surface area contributed by atoms with Gasteiger partial charge in [-0.3, -0.25) is 4.79 Å². The number of nitrogens with one attached hydrogen (secondary N) is 1. The molecule has 1 atom stereocenters. The molecule has 7 heteroatoms. The van der Waals surface area contributed by atoms with Crippen LogP contribution in [0.25, 0.3) is 0 Å². The van der Waals surface area contributed by atoms with Gasteiger partial charge in [-0.25, -0.2) is 14.5 Å². The maximum atomic E-state index is 11.2. The Bertz CT molecular complexity index is 256. The molecular weight excluding hydrogens is 208 g/mol. The highest BCUT2D eigenvalue weighted by Gasteiger charge is 2.31. The molecule has 0 heterocycles. The van der Waals surface area contributed by atoms with E-state index in [0.29, 0.717) is 4.90 Å². The number of aliphatic carboxylic acids is 1. The Kier molecular flexibility index (Phi) is 5.00. The SMILES string of the molecule is CNC(=O)N(C(C)=O)[C@@H](CS)C(=O)O. The van der Waals surface area contributed by atoms with Crippen molar-refractivity contribution in [2.24, 2.45) is 0 Å². The van der Waals surface area contributed by atoms with Gasteiger partial charge < -0.3 is 10.4 Å². The van der Waals surface area contributed by atoms with Crippen LogP contribution in [0.3, 0.4) is 0 Å². The van der Waals surface area contributed by atoms with Gasteiger partial charge in [-0.05, 0) is 0 Å². The van der Waals surface area contributed by atoms with E-state index in [2.05, 4.69) is 17.9 Å². The van der Waals surface area contributed by atoms with Gasteiger partial charge in [-0.15, -0.1) is 0 Å². The maximum absolute atomic E-state index is 11.2. The standard InChI is InChI=1S/C7H12N2O4S/c1-4(10)9(7(13)8-2)5(3-14)6(11)12/h5,14H,3H2,1-2H3,(H,8,13)(H,11,12)/t5-/m0/s1. The lowest BCUT2D eigenvalue weighted by Crippen LogP contribution is -2.52. The van der Waals surface area contributed by atoms with E-state index in [1.807, 2.05) is 0 Å². The van der Waals surface area contributed by atoms with E-state index in [1.54, 1.807) is 0 Å². The summed E-state index contributed by atoms with van der Waals surface area (Å²) in [4.78, 5) is 33.5. The minimum absolute atomic E-state index is 0.123. The van der Waals surface area contributed by atoms with Crippen molar-refractivity contribution >= 4 is 30.5 Å². The second kappa shape index (κ2) is 5.48. The number of carbonyl (C=O) groups is 3. The number of amides is 3. The van der Waals surface area contributed by atoms with Gasteiger partial charge in [-0.2, -0.15) is 12.6 Å². The summed E-state index contributed by atoms with van der Waals surface area (Å²) >= 11 is 3.77. The molecule has 0 unspecified atom stereocenters. The average molecular weight is 220 g/mol. The first-order valence-electron chi connectivity index (χ1n) is 3.80. The Labute approximate surface area is 86.7 Å². The van der Waals surface area contributed by atoms with Gasteiger partial charge in [0.25, 0.3) is 0 Å². The molecule has 0 bridgehead atoms. The molecule has 0 aromatic rings. The van der Waals surface area contributed by atoms with Crippen molar-refractivity contribution in [1.29, 1.82) is 0 Å². The van der Waals surface area contributed by atoms with Crippen LogP contribution in [-0.2, 0) is 9.59 Å². The molecular formula is C7H12N2O4S. The number of carboxylic acid groups (broad SMARTS) is 1. The third-order valence-corrected chi connectivity index (χ3v) is 1.89. The Hall–Kier alpha value is -1.24. The zero-order valence-corrected chi connectivity index (χ0v) is 8.75. The normalized spacial score (nSPS) is 11.6. The van der Waals surface area contributed by atoms with Crippen LogP contribution >= 0.6 is 12.6 Å². The molecule has 0 aliphatic heterocycles. The van der Waals surface area contributed by atoms with Crippen LogP contribution in [0.1, 0.15) is 6.92 Å². The predicted molar refractivity (Wildman–Crippen MR) is 52.3 cm³/mol. The Morgan fingerprint density at radius 2 is 2.00 bits per heavy atom. The highest BCUT2D eigenvalue weighted by molar-refractivity contribution is 7.80. The highest BCUT2D eigenvalue weighted by atomic mass is 32.1. The zero-order valence-electron chi connectivity index (χ0n) is 7.85. The molecule has 0 fully saturated rings. The molecule has 0 spiro atoms. The van der Waals surface area contributed by atoms with Crippen molar-refractivity contribution in [2.75, 3.05) is 12.8 Å². The quantitative estimate of drug-likeness (QED) is 0.563. The summed E-state index contributed by atoms with van der Waals surface area (Å²) in [5.41, 5.74) is 0. The molecule has 80 valence electrons. The second-order valence-corrected chi connectivity index (χ2v) is 2.85. The van der Waals surface area contributed by atoms with Crippen LogP contribution in [0.15, 0.2) is 0 Å². The third kappa shape index (κ3) is 2.91. The van der Waals surface area contributed by atoms with E-state index in [-0.39, 0.29) is 5.75 Å². The number of thiol groups is 1. The van der Waals surface area contributed by atoms with Crippen LogP contribution in [-0.4, -0.2) is 46.8 Å². The number of rotatable bonds is 3. The molecule has 0 aromatic heterocycles. The summed E-state index contributed by atoms with van der Waals surface area (Å²) in [6.07, 6.45) is 0. The van der Waals surface area contributed by atoms with Crippen molar-refractivity contribution < 1.29 is 19.5 Å². The monoisotopic (exact) mass is 220 g/mol. The number of nitrogens with zero attached hydrogens (tertiary/aromatic N) is 1. The first kappa shape index (κ1) is 12.8.